The Morgan fingerprint density at radius 2 is 2.09 bits per heavy atom. The molecule has 0 saturated carbocycles. The van der Waals surface area contributed by atoms with E-state index in [0.29, 0.717) is 11.7 Å². The van der Waals surface area contributed by atoms with Gasteiger partial charge in [0.25, 0.3) is 0 Å². The standard InChI is InChI=1S/C16H18ClN5O/c17-14-10-19-11-15(21-14)22-6-3-13(4-7-22)16(23)20-9-12-2-1-5-18-8-12/h1-2,5,8,10-11,13H,3-4,6-7,9H2,(H,20,23). The zero-order valence-electron chi connectivity index (χ0n) is 12.7. The van der Waals surface area contributed by atoms with Crippen LogP contribution in [0.25, 0.3) is 0 Å². The lowest BCUT2D eigenvalue weighted by Crippen LogP contribution is -2.40. The maximum absolute atomic E-state index is 12.3. The first-order valence-electron chi connectivity index (χ1n) is 7.61. The van der Waals surface area contributed by atoms with E-state index < -0.39 is 0 Å². The molecule has 2 aromatic rings. The fourth-order valence-electron chi connectivity index (χ4n) is 2.69. The zero-order chi connectivity index (χ0) is 16.1. The zero-order valence-corrected chi connectivity index (χ0v) is 13.4. The van der Waals surface area contributed by atoms with Gasteiger partial charge in [0.15, 0.2) is 0 Å². The minimum absolute atomic E-state index is 0.0371. The van der Waals surface area contributed by atoms with Crippen molar-refractivity contribution < 1.29 is 4.79 Å². The number of nitrogens with one attached hydrogen (secondary N) is 1. The molecular weight excluding hydrogens is 314 g/mol. The van der Waals surface area contributed by atoms with E-state index in [9.17, 15) is 4.79 Å². The molecule has 1 N–H and O–H groups in total. The highest BCUT2D eigenvalue weighted by Crippen LogP contribution is 2.22. The van der Waals surface area contributed by atoms with E-state index in [1.54, 1.807) is 18.6 Å². The molecule has 3 heterocycles. The van der Waals surface area contributed by atoms with Crippen LogP contribution in [0.2, 0.25) is 5.15 Å². The van der Waals surface area contributed by atoms with Crippen LogP contribution < -0.4 is 10.2 Å². The number of carbonyl (C=O) groups excluding carboxylic acids is 1. The lowest BCUT2D eigenvalue weighted by atomic mass is 9.96. The Morgan fingerprint density at radius 3 is 2.78 bits per heavy atom. The molecular formula is C16H18ClN5O. The lowest BCUT2D eigenvalue weighted by molar-refractivity contribution is -0.125. The molecule has 0 unspecified atom stereocenters. The lowest BCUT2D eigenvalue weighted by Gasteiger charge is -2.31. The van der Waals surface area contributed by atoms with Gasteiger partial charge in [0, 0.05) is 37.9 Å². The van der Waals surface area contributed by atoms with Crippen molar-refractivity contribution in [2.24, 2.45) is 5.92 Å². The third-order valence-corrected chi connectivity index (χ3v) is 4.15. The fourth-order valence-corrected chi connectivity index (χ4v) is 2.83. The summed E-state index contributed by atoms with van der Waals surface area (Å²) in [6, 6.07) is 3.82. The Hall–Kier alpha value is -2.21. The predicted molar refractivity (Wildman–Crippen MR) is 88.1 cm³/mol. The van der Waals surface area contributed by atoms with Crippen LogP contribution in [-0.2, 0) is 11.3 Å². The number of nitrogens with zero attached hydrogens (tertiary/aromatic N) is 4. The number of carbonyl (C=O) groups is 1. The Labute approximate surface area is 139 Å². The van der Waals surface area contributed by atoms with Crippen molar-refractivity contribution in [2.75, 3.05) is 18.0 Å². The van der Waals surface area contributed by atoms with Gasteiger partial charge in [-0.25, -0.2) is 4.98 Å². The molecule has 1 amide bonds. The van der Waals surface area contributed by atoms with Crippen molar-refractivity contribution in [1.29, 1.82) is 0 Å². The maximum atomic E-state index is 12.3. The van der Waals surface area contributed by atoms with Crippen molar-refractivity contribution in [2.45, 2.75) is 19.4 Å². The number of hydrogen-bond donors (Lipinski definition) is 1. The van der Waals surface area contributed by atoms with Crippen LogP contribution in [0.15, 0.2) is 36.9 Å². The highest BCUT2D eigenvalue weighted by molar-refractivity contribution is 6.29. The van der Waals surface area contributed by atoms with Gasteiger partial charge in [-0.15, -0.1) is 0 Å². The summed E-state index contributed by atoms with van der Waals surface area (Å²) < 4.78 is 0. The average molecular weight is 332 g/mol. The first-order valence-corrected chi connectivity index (χ1v) is 7.99. The van der Waals surface area contributed by atoms with Gasteiger partial charge in [0.1, 0.15) is 11.0 Å². The third-order valence-electron chi connectivity index (χ3n) is 3.97. The molecule has 1 fully saturated rings. The van der Waals surface area contributed by atoms with Crippen LogP contribution in [0.1, 0.15) is 18.4 Å². The SMILES string of the molecule is O=C(NCc1cccnc1)C1CCN(c2cncc(Cl)n2)CC1. The Morgan fingerprint density at radius 1 is 1.26 bits per heavy atom. The Balaban J connectivity index is 1.49. The summed E-state index contributed by atoms with van der Waals surface area (Å²) >= 11 is 5.87. The molecule has 0 radical (unpaired) electrons. The van der Waals surface area contributed by atoms with Crippen molar-refractivity contribution in [3.8, 4) is 0 Å². The van der Waals surface area contributed by atoms with E-state index in [4.69, 9.17) is 11.6 Å². The molecule has 0 spiro atoms. The highest BCUT2D eigenvalue weighted by atomic mass is 35.5. The Kier molecular flexibility index (Phi) is 5.02. The number of pyridine rings is 1. The van der Waals surface area contributed by atoms with Crippen LogP contribution in [0.3, 0.4) is 0 Å². The molecule has 2 aromatic heterocycles. The van der Waals surface area contributed by atoms with Crippen molar-refractivity contribution in [3.63, 3.8) is 0 Å². The fraction of sp³-hybridized carbons (Fsp3) is 0.375. The predicted octanol–water partition coefficient (Wildman–Crippen LogP) is 2.06. The van der Waals surface area contributed by atoms with Gasteiger partial charge in [-0.05, 0) is 24.5 Å². The van der Waals surface area contributed by atoms with Gasteiger partial charge >= 0.3 is 0 Å². The number of piperidine rings is 1. The third kappa shape index (κ3) is 4.16. The topological polar surface area (TPSA) is 71.0 Å². The summed E-state index contributed by atoms with van der Waals surface area (Å²) in [5, 5.41) is 3.37. The monoisotopic (exact) mass is 331 g/mol. The van der Waals surface area contributed by atoms with E-state index in [1.165, 1.54) is 6.20 Å². The molecule has 1 aliphatic heterocycles. The molecule has 0 bridgehead atoms. The summed E-state index contributed by atoms with van der Waals surface area (Å²) in [6.45, 7) is 2.08. The van der Waals surface area contributed by atoms with E-state index in [-0.39, 0.29) is 11.8 Å². The summed E-state index contributed by atoms with van der Waals surface area (Å²) in [4.78, 5) is 26.7. The molecule has 120 valence electrons. The van der Waals surface area contributed by atoms with Crippen LogP contribution in [0.4, 0.5) is 5.82 Å². The molecule has 1 aliphatic rings. The first kappa shape index (κ1) is 15.7. The molecule has 6 nitrogen and oxygen atoms in total. The Bertz CT molecular complexity index is 659. The number of hydrogen-bond acceptors (Lipinski definition) is 5. The molecule has 0 aliphatic carbocycles. The van der Waals surface area contributed by atoms with E-state index in [1.807, 2.05) is 12.1 Å². The first-order chi connectivity index (χ1) is 11.2. The van der Waals surface area contributed by atoms with Gasteiger partial charge in [-0.3, -0.25) is 14.8 Å². The average Bonchev–Trinajstić information content (AvgIpc) is 2.61. The van der Waals surface area contributed by atoms with Crippen molar-refractivity contribution >= 4 is 23.3 Å². The van der Waals surface area contributed by atoms with Crippen LogP contribution in [0.5, 0.6) is 0 Å². The van der Waals surface area contributed by atoms with Gasteiger partial charge in [-0.2, -0.15) is 0 Å². The van der Waals surface area contributed by atoms with Crippen LogP contribution >= 0.6 is 11.6 Å². The van der Waals surface area contributed by atoms with E-state index in [2.05, 4.69) is 25.2 Å². The van der Waals surface area contributed by atoms with Gasteiger partial charge in [-0.1, -0.05) is 17.7 Å². The minimum Gasteiger partial charge on any atom is -0.355 e. The number of rotatable bonds is 4. The summed E-state index contributed by atoms with van der Waals surface area (Å²) in [5.74, 6) is 0.910. The number of aromatic nitrogens is 3. The van der Waals surface area contributed by atoms with Gasteiger partial charge < -0.3 is 10.2 Å². The molecule has 0 atom stereocenters. The smallest absolute Gasteiger partial charge is 0.223 e. The summed E-state index contributed by atoms with van der Waals surface area (Å²) in [5.41, 5.74) is 1.01. The van der Waals surface area contributed by atoms with E-state index >= 15 is 0 Å². The number of halogens is 1. The second-order valence-corrected chi connectivity index (χ2v) is 5.93. The highest BCUT2D eigenvalue weighted by Gasteiger charge is 2.25. The molecule has 23 heavy (non-hydrogen) atoms. The maximum Gasteiger partial charge on any atom is 0.223 e. The molecule has 7 heteroatoms. The van der Waals surface area contributed by atoms with Crippen molar-refractivity contribution in [1.82, 2.24) is 20.3 Å². The van der Waals surface area contributed by atoms with Crippen LogP contribution in [-0.4, -0.2) is 33.9 Å². The van der Waals surface area contributed by atoms with E-state index in [0.717, 1.165) is 37.3 Å². The summed E-state index contributed by atoms with van der Waals surface area (Å²) in [6.07, 6.45) is 8.30. The molecule has 0 aromatic carbocycles. The van der Waals surface area contributed by atoms with Crippen LogP contribution in [0, 0.1) is 5.92 Å². The number of amides is 1. The second-order valence-electron chi connectivity index (χ2n) is 5.54. The number of anilines is 1. The largest absolute Gasteiger partial charge is 0.355 e. The molecule has 3 rings (SSSR count). The summed E-state index contributed by atoms with van der Waals surface area (Å²) in [7, 11) is 0. The normalized spacial score (nSPS) is 15.4. The minimum atomic E-state index is 0.0371. The molecule has 1 saturated heterocycles. The second kappa shape index (κ2) is 7.37. The van der Waals surface area contributed by atoms with Gasteiger partial charge in [0.05, 0.1) is 12.4 Å². The van der Waals surface area contributed by atoms with Crippen molar-refractivity contribution in [3.05, 3.63) is 47.6 Å². The van der Waals surface area contributed by atoms with Gasteiger partial charge in [0.2, 0.25) is 5.91 Å². The quantitative estimate of drug-likeness (QED) is 0.928.